The monoisotopic (exact) mass is 458 g/mol. The number of halogens is 3. The maximum atomic E-state index is 13.6. The largest absolute Gasteiger partial charge is 0.481 e. The van der Waals surface area contributed by atoms with Gasteiger partial charge in [0.1, 0.15) is 11.6 Å². The van der Waals surface area contributed by atoms with E-state index in [0.717, 1.165) is 5.52 Å². The Bertz CT molecular complexity index is 1330. The molecule has 158 valence electrons. The molecule has 0 spiro atoms. The molecular weight excluding hydrogens is 442 g/mol. The summed E-state index contributed by atoms with van der Waals surface area (Å²) in [6.45, 7) is 1.11. The molecule has 4 aromatic rings. The Hall–Kier alpha value is -2.90. The highest BCUT2D eigenvalue weighted by Gasteiger charge is 2.28. The van der Waals surface area contributed by atoms with Crippen LogP contribution < -0.4 is 4.90 Å². The number of carboxylic acid groups (broad SMARTS) is 1. The van der Waals surface area contributed by atoms with Crippen LogP contribution in [0.4, 0.5) is 10.3 Å². The third-order valence-corrected chi connectivity index (χ3v) is 6.39. The lowest BCUT2D eigenvalue weighted by molar-refractivity contribution is -0.142. The number of hydrogen-bond acceptors (Lipinski definition) is 4. The average Bonchev–Trinajstić information content (AvgIpc) is 3.12. The van der Waals surface area contributed by atoms with E-state index in [1.165, 1.54) is 12.1 Å². The van der Waals surface area contributed by atoms with Crippen LogP contribution in [0, 0.1) is 11.7 Å². The molecule has 1 aliphatic heterocycles. The highest BCUT2D eigenvalue weighted by Crippen LogP contribution is 2.34. The van der Waals surface area contributed by atoms with Gasteiger partial charge in [-0.2, -0.15) is 0 Å². The molecule has 0 saturated carbocycles. The Morgan fingerprint density at radius 2 is 1.74 bits per heavy atom. The summed E-state index contributed by atoms with van der Waals surface area (Å²) < 4.78 is 15.5. The first kappa shape index (κ1) is 20.0. The average molecular weight is 459 g/mol. The minimum absolute atomic E-state index is 0.321. The number of imidazole rings is 1. The summed E-state index contributed by atoms with van der Waals surface area (Å²) in [5.74, 6) is -0.193. The van der Waals surface area contributed by atoms with Crippen LogP contribution in [0.5, 0.6) is 0 Å². The van der Waals surface area contributed by atoms with E-state index < -0.39 is 5.97 Å². The van der Waals surface area contributed by atoms with Gasteiger partial charge in [-0.15, -0.1) is 0 Å². The number of carboxylic acids is 1. The molecule has 2 aromatic heterocycles. The van der Waals surface area contributed by atoms with Gasteiger partial charge in [0.15, 0.2) is 0 Å². The maximum Gasteiger partial charge on any atom is 0.306 e. The number of aliphatic carboxylic acids is 1. The lowest BCUT2D eigenvalue weighted by atomic mass is 9.97. The van der Waals surface area contributed by atoms with Gasteiger partial charge in [-0.05, 0) is 55.3 Å². The highest BCUT2D eigenvalue weighted by atomic mass is 35.5. The Labute approximate surface area is 186 Å². The number of fused-ring (bicyclic) bond motifs is 2. The minimum Gasteiger partial charge on any atom is -0.481 e. The smallest absolute Gasteiger partial charge is 0.306 e. The summed E-state index contributed by atoms with van der Waals surface area (Å²) in [5.41, 5.74) is 2.04. The third kappa shape index (κ3) is 3.58. The number of pyridine rings is 1. The first-order chi connectivity index (χ1) is 14.9. The van der Waals surface area contributed by atoms with Crippen LogP contribution in [-0.2, 0) is 4.79 Å². The number of aromatic nitrogens is 3. The van der Waals surface area contributed by atoms with Crippen LogP contribution in [0.1, 0.15) is 12.8 Å². The van der Waals surface area contributed by atoms with Crippen LogP contribution in [0.15, 0.2) is 42.5 Å². The van der Waals surface area contributed by atoms with Crippen molar-refractivity contribution in [3.8, 4) is 5.82 Å². The summed E-state index contributed by atoms with van der Waals surface area (Å²) >= 11 is 12.5. The van der Waals surface area contributed by atoms with Crippen molar-refractivity contribution in [1.82, 2.24) is 14.5 Å². The Kier molecular flexibility index (Phi) is 4.95. The molecule has 5 rings (SSSR count). The minimum atomic E-state index is -0.768. The van der Waals surface area contributed by atoms with E-state index in [1.807, 2.05) is 10.6 Å². The lowest BCUT2D eigenvalue weighted by Gasteiger charge is -2.31. The Balaban J connectivity index is 1.67. The highest BCUT2D eigenvalue weighted by molar-refractivity contribution is 6.42. The molecule has 1 aliphatic rings. The number of carbonyl (C=O) groups is 1. The van der Waals surface area contributed by atoms with Gasteiger partial charge in [0.25, 0.3) is 0 Å². The molecule has 3 heterocycles. The van der Waals surface area contributed by atoms with Crippen molar-refractivity contribution in [2.45, 2.75) is 12.8 Å². The number of nitrogens with zero attached hydrogens (tertiary/aromatic N) is 4. The lowest BCUT2D eigenvalue weighted by Crippen LogP contribution is -2.37. The van der Waals surface area contributed by atoms with E-state index >= 15 is 0 Å². The molecule has 0 atom stereocenters. The fourth-order valence-corrected chi connectivity index (χ4v) is 4.35. The van der Waals surface area contributed by atoms with Crippen molar-refractivity contribution in [2.75, 3.05) is 18.0 Å². The zero-order valence-electron chi connectivity index (χ0n) is 16.2. The number of benzene rings is 2. The zero-order valence-corrected chi connectivity index (χ0v) is 17.7. The zero-order chi connectivity index (χ0) is 21.7. The Morgan fingerprint density at radius 3 is 2.48 bits per heavy atom. The molecule has 1 fully saturated rings. The maximum absolute atomic E-state index is 13.6. The first-order valence-corrected chi connectivity index (χ1v) is 10.6. The number of hydrogen-bond donors (Lipinski definition) is 1. The van der Waals surface area contributed by atoms with Gasteiger partial charge >= 0.3 is 5.97 Å². The van der Waals surface area contributed by atoms with E-state index in [4.69, 9.17) is 33.2 Å². The summed E-state index contributed by atoms with van der Waals surface area (Å²) in [6, 6.07) is 11.5. The second kappa shape index (κ2) is 7.66. The number of anilines is 1. The predicted octanol–water partition coefficient (Wildman–Crippen LogP) is 5.32. The Morgan fingerprint density at radius 1 is 1.00 bits per heavy atom. The molecule has 0 bridgehead atoms. The number of piperidine rings is 1. The van der Waals surface area contributed by atoms with E-state index in [1.54, 1.807) is 24.3 Å². The fourth-order valence-electron chi connectivity index (χ4n) is 4.03. The van der Waals surface area contributed by atoms with Crippen LogP contribution in [-0.4, -0.2) is 38.7 Å². The van der Waals surface area contributed by atoms with E-state index in [2.05, 4.69) is 4.90 Å². The van der Waals surface area contributed by atoms with Crippen LogP contribution >= 0.6 is 23.2 Å². The topological polar surface area (TPSA) is 71.2 Å². The normalized spacial score (nSPS) is 15.1. The van der Waals surface area contributed by atoms with Gasteiger partial charge in [0.2, 0.25) is 5.95 Å². The molecule has 9 heteroatoms. The molecule has 31 heavy (non-hydrogen) atoms. The molecule has 0 aliphatic carbocycles. The summed E-state index contributed by atoms with van der Waals surface area (Å²) in [5, 5.41) is 10.8. The summed E-state index contributed by atoms with van der Waals surface area (Å²) in [7, 11) is 0. The van der Waals surface area contributed by atoms with E-state index in [-0.39, 0.29) is 11.7 Å². The van der Waals surface area contributed by atoms with Crippen molar-refractivity contribution < 1.29 is 14.3 Å². The van der Waals surface area contributed by atoms with Gasteiger partial charge < -0.3 is 10.0 Å². The van der Waals surface area contributed by atoms with E-state index in [9.17, 15) is 14.3 Å². The van der Waals surface area contributed by atoms with Gasteiger partial charge in [0.05, 0.1) is 32.5 Å². The summed E-state index contributed by atoms with van der Waals surface area (Å²) in [6.07, 6.45) is 1.06. The SMILES string of the molecule is O=C(O)C1CCN(c2nc3cc(Cl)c(Cl)cc3n2-c2ccc3cc(F)ccc3n2)CC1. The summed E-state index contributed by atoms with van der Waals surface area (Å²) in [4.78, 5) is 22.9. The molecule has 0 radical (unpaired) electrons. The molecule has 0 unspecified atom stereocenters. The first-order valence-electron chi connectivity index (χ1n) is 9.82. The van der Waals surface area contributed by atoms with Crippen molar-refractivity contribution >= 4 is 57.1 Å². The quantitative estimate of drug-likeness (QED) is 0.449. The van der Waals surface area contributed by atoms with Gasteiger partial charge in [-0.1, -0.05) is 23.2 Å². The van der Waals surface area contributed by atoms with Gasteiger partial charge in [-0.25, -0.2) is 14.4 Å². The molecule has 6 nitrogen and oxygen atoms in total. The molecule has 2 aromatic carbocycles. The van der Waals surface area contributed by atoms with Crippen molar-refractivity contribution in [3.05, 3.63) is 58.3 Å². The van der Waals surface area contributed by atoms with Crippen LogP contribution in [0.25, 0.3) is 27.8 Å². The van der Waals surface area contributed by atoms with Crippen LogP contribution in [0.2, 0.25) is 10.0 Å². The van der Waals surface area contributed by atoms with Crippen molar-refractivity contribution in [2.24, 2.45) is 5.92 Å². The van der Waals surface area contributed by atoms with Crippen molar-refractivity contribution in [3.63, 3.8) is 0 Å². The molecule has 0 amide bonds. The molecule has 1 saturated heterocycles. The standard InChI is InChI=1S/C22H17Cl2FN4O2/c23-15-10-18-19(11-16(15)24)29(20-4-1-13-9-14(25)2-3-17(13)26-20)22(27-18)28-7-5-12(6-8-28)21(30)31/h1-4,9-12H,5-8H2,(H,30,31). The van der Waals surface area contributed by atoms with Crippen LogP contribution in [0.3, 0.4) is 0 Å². The van der Waals surface area contributed by atoms with Gasteiger partial charge in [0, 0.05) is 18.5 Å². The van der Waals surface area contributed by atoms with Gasteiger partial charge in [-0.3, -0.25) is 9.36 Å². The molecule has 1 N–H and O–H groups in total. The number of rotatable bonds is 3. The predicted molar refractivity (Wildman–Crippen MR) is 119 cm³/mol. The second-order valence-electron chi connectivity index (χ2n) is 7.61. The van der Waals surface area contributed by atoms with Crippen molar-refractivity contribution in [1.29, 1.82) is 0 Å². The van der Waals surface area contributed by atoms with E-state index in [0.29, 0.717) is 64.2 Å². The second-order valence-corrected chi connectivity index (χ2v) is 8.42. The molecular formula is C22H17Cl2FN4O2. The fraction of sp³-hybridized carbons (Fsp3) is 0.227. The third-order valence-electron chi connectivity index (χ3n) is 5.67.